The molecule has 8 heteroatoms. The average molecular weight is 340 g/mol. The van der Waals surface area contributed by atoms with Crippen LogP contribution in [0.15, 0.2) is 33.6 Å². The van der Waals surface area contributed by atoms with Gasteiger partial charge in [0.1, 0.15) is 12.3 Å². The summed E-state index contributed by atoms with van der Waals surface area (Å²) < 4.78 is 6.09. The summed E-state index contributed by atoms with van der Waals surface area (Å²) in [6, 6.07) is 6.49. The summed E-state index contributed by atoms with van der Waals surface area (Å²) in [4.78, 5) is 35.8. The second-order valence-electron chi connectivity index (χ2n) is 5.69. The van der Waals surface area contributed by atoms with Gasteiger partial charge in [0.2, 0.25) is 5.91 Å². The zero-order chi connectivity index (χ0) is 18.1. The normalized spacial score (nSPS) is 10.8. The Kier molecular flexibility index (Phi) is 4.18. The minimum Gasteiger partial charge on any atom is -0.360 e. The molecule has 1 aromatic carbocycles. The van der Waals surface area contributed by atoms with Crippen LogP contribution in [0.25, 0.3) is 10.9 Å². The van der Waals surface area contributed by atoms with E-state index in [1.165, 1.54) is 6.92 Å². The van der Waals surface area contributed by atoms with Crippen molar-refractivity contribution in [2.45, 2.75) is 27.3 Å². The van der Waals surface area contributed by atoms with Gasteiger partial charge in [-0.2, -0.15) is 5.10 Å². The molecule has 25 heavy (non-hydrogen) atoms. The Morgan fingerprint density at radius 2 is 1.88 bits per heavy atom. The van der Waals surface area contributed by atoms with Crippen molar-refractivity contribution in [3.8, 4) is 0 Å². The van der Waals surface area contributed by atoms with E-state index in [0.717, 1.165) is 4.68 Å². The van der Waals surface area contributed by atoms with Crippen molar-refractivity contribution in [3.05, 3.63) is 51.6 Å². The highest BCUT2D eigenvalue weighted by Crippen LogP contribution is 2.16. The number of Topliss-reactive ketones (excluding diaryl/α,β-unsaturated/α-hetero) is 1. The minimum absolute atomic E-state index is 0.0553. The molecule has 0 fully saturated rings. The highest BCUT2D eigenvalue weighted by Gasteiger charge is 2.16. The van der Waals surface area contributed by atoms with Crippen LogP contribution in [0.4, 0.5) is 5.69 Å². The predicted molar refractivity (Wildman–Crippen MR) is 90.6 cm³/mol. The highest BCUT2D eigenvalue weighted by molar-refractivity contribution is 5.95. The molecule has 0 aliphatic heterocycles. The molecule has 0 aliphatic carbocycles. The molecule has 0 bridgehead atoms. The molecule has 8 nitrogen and oxygen atoms in total. The van der Waals surface area contributed by atoms with E-state index in [9.17, 15) is 14.4 Å². The number of carbonyl (C=O) groups is 2. The number of hydrogen-bond acceptors (Lipinski definition) is 6. The maximum absolute atomic E-state index is 12.4. The fraction of sp³-hybridized carbons (Fsp3) is 0.235. The van der Waals surface area contributed by atoms with Crippen molar-refractivity contribution in [2.24, 2.45) is 0 Å². The third-order valence-corrected chi connectivity index (χ3v) is 3.80. The van der Waals surface area contributed by atoms with Crippen LogP contribution < -0.4 is 10.9 Å². The maximum Gasteiger partial charge on any atom is 0.297 e. The number of nitrogens with one attached hydrogen (secondary N) is 1. The molecule has 1 N–H and O–H groups in total. The Bertz CT molecular complexity index is 1030. The smallest absolute Gasteiger partial charge is 0.297 e. The van der Waals surface area contributed by atoms with E-state index in [0.29, 0.717) is 28.1 Å². The number of benzene rings is 1. The summed E-state index contributed by atoms with van der Waals surface area (Å²) in [5, 5.41) is 11.1. The summed E-state index contributed by atoms with van der Waals surface area (Å²) >= 11 is 0. The monoisotopic (exact) mass is 340 g/mol. The summed E-state index contributed by atoms with van der Waals surface area (Å²) in [6.45, 7) is 4.64. The fourth-order valence-corrected chi connectivity index (χ4v) is 2.57. The van der Waals surface area contributed by atoms with Gasteiger partial charge in [0.15, 0.2) is 11.3 Å². The summed E-state index contributed by atoms with van der Waals surface area (Å²) in [6.07, 6.45) is 0. The number of hydrogen-bond donors (Lipinski definition) is 1. The molecule has 3 aromatic rings. The molecule has 2 heterocycles. The first-order chi connectivity index (χ1) is 11.9. The van der Waals surface area contributed by atoms with Gasteiger partial charge in [0.25, 0.3) is 5.56 Å². The van der Waals surface area contributed by atoms with E-state index in [-0.39, 0.29) is 17.8 Å². The molecular weight excluding hydrogens is 324 g/mol. The van der Waals surface area contributed by atoms with E-state index in [1.54, 1.807) is 38.1 Å². The number of fused-ring (bicyclic) bond motifs is 1. The van der Waals surface area contributed by atoms with Gasteiger partial charge in [-0.3, -0.25) is 14.4 Å². The number of aryl methyl sites for hydroxylation is 2. The first kappa shape index (κ1) is 16.6. The maximum atomic E-state index is 12.4. The number of rotatable bonds is 4. The van der Waals surface area contributed by atoms with Crippen LogP contribution in [0.1, 0.15) is 28.7 Å². The second-order valence-corrected chi connectivity index (χ2v) is 5.69. The van der Waals surface area contributed by atoms with Gasteiger partial charge in [0, 0.05) is 11.3 Å². The van der Waals surface area contributed by atoms with Crippen molar-refractivity contribution in [3.63, 3.8) is 0 Å². The van der Waals surface area contributed by atoms with Crippen LogP contribution in [0.5, 0.6) is 0 Å². The number of anilines is 1. The molecule has 3 rings (SSSR count). The molecule has 0 spiro atoms. The largest absolute Gasteiger partial charge is 0.360 e. The summed E-state index contributed by atoms with van der Waals surface area (Å²) in [7, 11) is 0. The number of carbonyl (C=O) groups excluding carboxylic acids is 2. The van der Waals surface area contributed by atoms with Gasteiger partial charge in [-0.25, -0.2) is 4.68 Å². The van der Waals surface area contributed by atoms with Crippen molar-refractivity contribution < 1.29 is 14.1 Å². The van der Waals surface area contributed by atoms with Crippen molar-refractivity contribution >= 4 is 28.3 Å². The Morgan fingerprint density at radius 1 is 1.20 bits per heavy atom. The Labute approximate surface area is 142 Å². The van der Waals surface area contributed by atoms with Crippen LogP contribution in [0.2, 0.25) is 0 Å². The molecule has 1 amide bonds. The van der Waals surface area contributed by atoms with Gasteiger partial charge in [-0.15, -0.1) is 0 Å². The Balaban J connectivity index is 1.81. The minimum atomic E-state index is -0.487. The number of ketones is 1. The van der Waals surface area contributed by atoms with Gasteiger partial charge in [-0.05, 0) is 45.0 Å². The molecule has 0 aliphatic rings. The van der Waals surface area contributed by atoms with Crippen LogP contribution in [0, 0.1) is 13.8 Å². The lowest BCUT2D eigenvalue weighted by Gasteiger charge is -2.08. The standard InChI is InChI=1S/C17H16N4O4/c1-9-15-11(3)25-20-16(15)17(24)21(19-9)8-14(23)18-13-6-4-12(5-7-13)10(2)22/h4-7H,8H2,1-3H3,(H,18,23). The van der Waals surface area contributed by atoms with E-state index in [1.807, 2.05) is 0 Å². The molecule has 0 radical (unpaired) electrons. The Morgan fingerprint density at radius 3 is 2.52 bits per heavy atom. The first-order valence-electron chi connectivity index (χ1n) is 7.61. The third-order valence-electron chi connectivity index (χ3n) is 3.80. The van der Waals surface area contributed by atoms with Crippen LogP contribution in [-0.4, -0.2) is 26.6 Å². The lowest BCUT2D eigenvalue weighted by atomic mass is 10.1. The lowest BCUT2D eigenvalue weighted by molar-refractivity contribution is -0.117. The van der Waals surface area contributed by atoms with Crippen LogP contribution >= 0.6 is 0 Å². The first-order valence-corrected chi connectivity index (χ1v) is 7.61. The van der Waals surface area contributed by atoms with Gasteiger partial charge in [-0.1, -0.05) is 5.16 Å². The molecule has 0 saturated carbocycles. The predicted octanol–water partition coefficient (Wildman–Crippen LogP) is 1.84. The zero-order valence-corrected chi connectivity index (χ0v) is 14.0. The van der Waals surface area contributed by atoms with Crippen molar-refractivity contribution in [1.82, 2.24) is 14.9 Å². The molecule has 0 atom stereocenters. The highest BCUT2D eigenvalue weighted by atomic mass is 16.5. The van der Waals surface area contributed by atoms with Crippen LogP contribution in [0.3, 0.4) is 0 Å². The summed E-state index contributed by atoms with van der Waals surface area (Å²) in [5.41, 5.74) is 1.31. The quantitative estimate of drug-likeness (QED) is 0.726. The molecular formula is C17H16N4O4. The molecule has 0 unspecified atom stereocenters. The van der Waals surface area contributed by atoms with E-state index in [2.05, 4.69) is 15.6 Å². The number of nitrogens with zero attached hydrogens (tertiary/aromatic N) is 3. The SMILES string of the molecule is CC(=O)c1ccc(NC(=O)Cn2nc(C)c3c(C)onc3c2=O)cc1. The summed E-state index contributed by atoms with van der Waals surface area (Å²) in [5.74, 6) is 0.0451. The van der Waals surface area contributed by atoms with Crippen LogP contribution in [-0.2, 0) is 11.3 Å². The van der Waals surface area contributed by atoms with Gasteiger partial charge >= 0.3 is 0 Å². The van der Waals surface area contributed by atoms with E-state index < -0.39 is 11.5 Å². The number of aromatic nitrogens is 3. The zero-order valence-electron chi connectivity index (χ0n) is 14.0. The lowest BCUT2D eigenvalue weighted by Crippen LogP contribution is -2.30. The van der Waals surface area contributed by atoms with Gasteiger partial charge < -0.3 is 9.84 Å². The second kappa shape index (κ2) is 6.31. The third kappa shape index (κ3) is 3.18. The average Bonchev–Trinajstić information content (AvgIpc) is 2.95. The van der Waals surface area contributed by atoms with E-state index in [4.69, 9.17) is 4.52 Å². The molecule has 0 saturated heterocycles. The Hall–Kier alpha value is -3.29. The number of amides is 1. The van der Waals surface area contributed by atoms with E-state index >= 15 is 0 Å². The fourth-order valence-electron chi connectivity index (χ4n) is 2.57. The topological polar surface area (TPSA) is 107 Å². The van der Waals surface area contributed by atoms with Gasteiger partial charge in [0.05, 0.1) is 11.1 Å². The molecule has 2 aromatic heterocycles. The molecule has 128 valence electrons. The van der Waals surface area contributed by atoms with Crippen molar-refractivity contribution in [2.75, 3.05) is 5.32 Å². The van der Waals surface area contributed by atoms with Crippen molar-refractivity contribution in [1.29, 1.82) is 0 Å².